The van der Waals surface area contributed by atoms with Gasteiger partial charge in [0.05, 0.1) is 4.92 Å². The first kappa shape index (κ1) is 14.3. The van der Waals surface area contributed by atoms with Crippen LogP contribution in [0.4, 0.5) is 11.5 Å². The normalized spacial score (nSPS) is 14.2. The topological polar surface area (TPSA) is 77.3 Å². The molecule has 6 heteroatoms. The van der Waals surface area contributed by atoms with Crippen LogP contribution in [0.3, 0.4) is 0 Å². The van der Waals surface area contributed by atoms with E-state index in [9.17, 15) is 10.1 Å². The first-order valence-corrected chi connectivity index (χ1v) is 7.31. The Morgan fingerprint density at radius 3 is 2.64 bits per heavy atom. The van der Waals surface area contributed by atoms with Gasteiger partial charge in [0.1, 0.15) is 6.61 Å². The monoisotopic (exact) mass is 299 g/mol. The molecule has 114 valence electrons. The Kier molecular flexibility index (Phi) is 4.18. The zero-order valence-electron chi connectivity index (χ0n) is 12.1. The maximum absolute atomic E-state index is 11.1. The van der Waals surface area contributed by atoms with Crippen LogP contribution in [0, 0.1) is 10.1 Å². The number of nitrogens with one attached hydrogen (secondary N) is 1. The zero-order valence-corrected chi connectivity index (χ0v) is 12.1. The number of nitro groups is 1. The zero-order chi connectivity index (χ0) is 15.4. The number of benzene rings is 1. The lowest BCUT2D eigenvalue weighted by atomic mass is 9.93. The quantitative estimate of drug-likeness (QED) is 0.652. The predicted molar refractivity (Wildman–Crippen MR) is 82.9 cm³/mol. The summed E-state index contributed by atoms with van der Waals surface area (Å²) in [4.78, 5) is 14.9. The Balaban J connectivity index is 1.73. The molecule has 1 saturated carbocycles. The molecule has 0 bridgehead atoms. The number of anilines is 1. The maximum Gasteiger partial charge on any atom is 0.311 e. The van der Waals surface area contributed by atoms with Gasteiger partial charge in [-0.2, -0.15) is 4.98 Å². The molecule has 22 heavy (non-hydrogen) atoms. The summed E-state index contributed by atoms with van der Waals surface area (Å²) in [6, 6.07) is 13.0. The van der Waals surface area contributed by atoms with Crippen molar-refractivity contribution < 1.29 is 9.66 Å². The molecular weight excluding hydrogens is 282 g/mol. The van der Waals surface area contributed by atoms with Crippen molar-refractivity contribution in [2.45, 2.75) is 31.9 Å². The first-order chi connectivity index (χ1) is 10.7. The third kappa shape index (κ3) is 3.33. The van der Waals surface area contributed by atoms with Gasteiger partial charge >= 0.3 is 5.69 Å². The Labute approximate surface area is 128 Å². The van der Waals surface area contributed by atoms with Gasteiger partial charge in [0.15, 0.2) is 0 Å². The number of hydrogen-bond acceptors (Lipinski definition) is 5. The van der Waals surface area contributed by atoms with Gasteiger partial charge in [-0.15, -0.1) is 0 Å². The molecule has 1 aliphatic carbocycles. The van der Waals surface area contributed by atoms with Crippen LogP contribution in [0.25, 0.3) is 0 Å². The molecule has 0 spiro atoms. The van der Waals surface area contributed by atoms with Crippen LogP contribution in [-0.2, 0) is 6.61 Å². The van der Waals surface area contributed by atoms with Gasteiger partial charge in [0.2, 0.25) is 11.7 Å². The summed E-state index contributed by atoms with van der Waals surface area (Å²) in [5, 5.41) is 14.2. The van der Waals surface area contributed by atoms with E-state index in [4.69, 9.17) is 4.74 Å². The van der Waals surface area contributed by atoms with Crippen molar-refractivity contribution in [3.8, 4) is 5.88 Å². The minimum Gasteiger partial charge on any atom is -0.473 e. The average Bonchev–Trinajstić information content (AvgIpc) is 2.50. The van der Waals surface area contributed by atoms with Gasteiger partial charge in [0.25, 0.3) is 0 Å². The third-order valence-electron chi connectivity index (χ3n) is 3.72. The fraction of sp³-hybridized carbons (Fsp3) is 0.312. The van der Waals surface area contributed by atoms with Crippen molar-refractivity contribution in [2.75, 3.05) is 5.32 Å². The van der Waals surface area contributed by atoms with Crippen LogP contribution in [0.5, 0.6) is 5.88 Å². The molecule has 2 aromatic rings. The number of hydrogen-bond donors (Lipinski definition) is 1. The van der Waals surface area contributed by atoms with Crippen molar-refractivity contribution in [2.24, 2.45) is 0 Å². The summed E-state index contributed by atoms with van der Waals surface area (Å²) in [6.45, 7) is 0.383. The summed E-state index contributed by atoms with van der Waals surface area (Å²) in [6.07, 6.45) is 3.19. The Hall–Kier alpha value is -2.63. The number of pyridine rings is 1. The van der Waals surface area contributed by atoms with Crippen LogP contribution >= 0.6 is 0 Å². The summed E-state index contributed by atoms with van der Waals surface area (Å²) in [5.74, 6) is 0.677. The first-order valence-electron chi connectivity index (χ1n) is 7.31. The number of aromatic nitrogens is 1. The Morgan fingerprint density at radius 2 is 2.00 bits per heavy atom. The summed E-state index contributed by atoms with van der Waals surface area (Å²) < 4.78 is 5.63. The molecule has 1 aliphatic rings. The molecule has 0 atom stereocenters. The van der Waals surface area contributed by atoms with Gasteiger partial charge in [-0.3, -0.25) is 10.1 Å². The molecule has 3 rings (SSSR count). The Morgan fingerprint density at radius 1 is 1.23 bits per heavy atom. The second-order valence-electron chi connectivity index (χ2n) is 5.32. The third-order valence-corrected chi connectivity index (χ3v) is 3.72. The van der Waals surface area contributed by atoms with Crippen molar-refractivity contribution in [3.63, 3.8) is 0 Å². The molecular formula is C16H17N3O3. The van der Waals surface area contributed by atoms with Crippen LogP contribution in [0.15, 0.2) is 42.5 Å². The molecule has 1 aromatic carbocycles. The van der Waals surface area contributed by atoms with Crippen molar-refractivity contribution in [3.05, 3.63) is 58.1 Å². The summed E-state index contributed by atoms with van der Waals surface area (Å²) in [7, 11) is 0. The molecule has 0 aliphatic heterocycles. The van der Waals surface area contributed by atoms with Gasteiger partial charge in [-0.25, -0.2) is 0 Å². The smallest absolute Gasteiger partial charge is 0.311 e. The van der Waals surface area contributed by atoms with E-state index >= 15 is 0 Å². The highest BCUT2D eigenvalue weighted by Crippen LogP contribution is 2.30. The molecule has 1 heterocycles. The molecule has 1 N–H and O–H groups in total. The average molecular weight is 299 g/mol. The number of ether oxygens (including phenoxy) is 1. The second-order valence-corrected chi connectivity index (χ2v) is 5.32. The molecule has 1 fully saturated rings. The number of rotatable bonds is 6. The van der Waals surface area contributed by atoms with Crippen molar-refractivity contribution in [1.29, 1.82) is 0 Å². The van der Waals surface area contributed by atoms with E-state index in [0.29, 0.717) is 18.3 Å². The molecule has 0 unspecified atom stereocenters. The Bertz CT molecular complexity index is 657. The minimum atomic E-state index is -0.422. The van der Waals surface area contributed by atoms with Crippen LogP contribution in [0.2, 0.25) is 0 Å². The largest absolute Gasteiger partial charge is 0.473 e. The van der Waals surface area contributed by atoms with E-state index in [0.717, 1.165) is 24.8 Å². The van der Waals surface area contributed by atoms with Crippen LogP contribution < -0.4 is 10.1 Å². The minimum absolute atomic E-state index is 0.0149. The predicted octanol–water partition coefficient (Wildman–Crippen LogP) is 3.53. The van der Waals surface area contributed by atoms with Crippen molar-refractivity contribution >= 4 is 11.5 Å². The summed E-state index contributed by atoms with van der Waals surface area (Å²) in [5.41, 5.74) is 1.01. The van der Waals surface area contributed by atoms with Crippen LogP contribution in [-0.4, -0.2) is 15.9 Å². The maximum atomic E-state index is 11.1. The highest BCUT2D eigenvalue weighted by molar-refractivity contribution is 5.57. The van der Waals surface area contributed by atoms with E-state index in [1.54, 1.807) is 0 Å². The highest BCUT2D eigenvalue weighted by Gasteiger charge is 2.23. The lowest BCUT2D eigenvalue weighted by Crippen LogP contribution is -2.27. The molecule has 0 radical (unpaired) electrons. The molecule has 0 amide bonds. The molecule has 0 saturated heterocycles. The van der Waals surface area contributed by atoms with Crippen molar-refractivity contribution in [1.82, 2.24) is 4.98 Å². The van der Waals surface area contributed by atoms with E-state index in [2.05, 4.69) is 10.3 Å². The number of nitrogens with zero attached hydrogens (tertiary/aromatic N) is 2. The lowest BCUT2D eigenvalue weighted by molar-refractivity contribution is -0.384. The second kappa shape index (κ2) is 6.43. The molecule has 6 nitrogen and oxygen atoms in total. The lowest BCUT2D eigenvalue weighted by Gasteiger charge is -2.26. The molecule has 1 aromatic heterocycles. The van der Waals surface area contributed by atoms with Gasteiger partial charge < -0.3 is 10.1 Å². The SMILES string of the molecule is O=[N+]([O-])c1ccc(OCc2ccccc2)nc1NC1CCC1. The fourth-order valence-corrected chi connectivity index (χ4v) is 2.25. The summed E-state index contributed by atoms with van der Waals surface area (Å²) >= 11 is 0. The van der Waals surface area contributed by atoms with Gasteiger partial charge in [0, 0.05) is 18.2 Å². The van der Waals surface area contributed by atoms with E-state index in [1.807, 2.05) is 30.3 Å². The fourth-order valence-electron chi connectivity index (χ4n) is 2.25. The standard InChI is InChI=1S/C16H17N3O3/c20-19(21)14-9-10-15(18-16(14)17-13-7-4-8-13)22-11-12-5-2-1-3-6-12/h1-3,5-6,9-10,13H,4,7-8,11H2,(H,17,18). The van der Waals surface area contributed by atoms with Crippen LogP contribution in [0.1, 0.15) is 24.8 Å². The van der Waals surface area contributed by atoms with E-state index in [-0.39, 0.29) is 11.7 Å². The van der Waals surface area contributed by atoms with E-state index < -0.39 is 4.92 Å². The van der Waals surface area contributed by atoms with E-state index in [1.165, 1.54) is 12.1 Å². The highest BCUT2D eigenvalue weighted by atomic mass is 16.6. The van der Waals surface area contributed by atoms with Gasteiger partial charge in [-0.1, -0.05) is 30.3 Å². The van der Waals surface area contributed by atoms with Gasteiger partial charge in [-0.05, 0) is 24.8 Å².